The number of sulfonamides is 1. The monoisotopic (exact) mass is 446 g/mol. The largest absolute Gasteiger partial charge is 0.321 e. The Bertz CT molecular complexity index is 1200. The van der Waals surface area contributed by atoms with Crippen molar-refractivity contribution in [3.63, 3.8) is 0 Å². The van der Waals surface area contributed by atoms with E-state index in [0.29, 0.717) is 39.9 Å². The van der Waals surface area contributed by atoms with E-state index in [9.17, 15) is 13.2 Å². The molecule has 4 rings (SSSR count). The van der Waals surface area contributed by atoms with Gasteiger partial charge in [-0.15, -0.1) is 0 Å². The number of carbonyl (C=O) groups excluding carboxylic acids is 1. The third-order valence-corrected chi connectivity index (χ3v) is 7.08. The Morgan fingerprint density at radius 2 is 1.72 bits per heavy atom. The van der Waals surface area contributed by atoms with Crippen LogP contribution in [0.25, 0.3) is 0 Å². The quantitative estimate of drug-likeness (QED) is 0.613. The molecule has 3 aromatic carbocycles. The predicted molar refractivity (Wildman–Crippen MR) is 116 cm³/mol. The lowest BCUT2D eigenvalue weighted by atomic mass is 10.1. The van der Waals surface area contributed by atoms with Gasteiger partial charge in [-0.05, 0) is 60.5 Å². The van der Waals surface area contributed by atoms with Gasteiger partial charge in [-0.3, -0.25) is 9.10 Å². The molecule has 0 saturated heterocycles. The minimum Gasteiger partial charge on any atom is -0.321 e. The second-order valence-electron chi connectivity index (χ2n) is 6.56. The van der Waals surface area contributed by atoms with Crippen molar-refractivity contribution < 1.29 is 13.2 Å². The van der Waals surface area contributed by atoms with Gasteiger partial charge >= 0.3 is 0 Å². The van der Waals surface area contributed by atoms with E-state index in [0.717, 1.165) is 5.56 Å². The summed E-state index contributed by atoms with van der Waals surface area (Å²) in [5.41, 5.74) is 2.28. The normalized spacial score (nSPS) is 13.2. The molecule has 0 spiro atoms. The van der Waals surface area contributed by atoms with Crippen LogP contribution in [0.3, 0.4) is 0 Å². The number of amides is 1. The van der Waals surface area contributed by atoms with Gasteiger partial charge in [-0.1, -0.05) is 41.4 Å². The highest BCUT2D eigenvalue weighted by molar-refractivity contribution is 7.92. The van der Waals surface area contributed by atoms with Crippen molar-refractivity contribution in [3.8, 4) is 0 Å². The third-order valence-electron chi connectivity index (χ3n) is 4.71. The standard InChI is InChI=1S/C21H16Cl2N2O3S/c22-16-7-8-19(18(23)13-16)24-21(26)15-6-9-20-14(12-15)10-11-25(20)29(27,28)17-4-2-1-3-5-17/h1-9,12-13H,10-11H2,(H,24,26). The summed E-state index contributed by atoms with van der Waals surface area (Å²) in [6, 6.07) is 18.1. The Hall–Kier alpha value is -2.54. The van der Waals surface area contributed by atoms with E-state index >= 15 is 0 Å². The second kappa shape index (κ2) is 7.71. The zero-order chi connectivity index (χ0) is 20.6. The van der Waals surface area contributed by atoms with Crippen LogP contribution in [0.4, 0.5) is 11.4 Å². The first-order valence-corrected chi connectivity index (χ1v) is 11.0. The van der Waals surface area contributed by atoms with Crippen molar-refractivity contribution in [2.24, 2.45) is 0 Å². The second-order valence-corrected chi connectivity index (χ2v) is 9.27. The van der Waals surface area contributed by atoms with Crippen LogP contribution in [0.2, 0.25) is 10.0 Å². The van der Waals surface area contributed by atoms with Crippen molar-refractivity contribution >= 4 is 50.5 Å². The van der Waals surface area contributed by atoms with Gasteiger partial charge in [0.25, 0.3) is 15.9 Å². The number of halogens is 2. The summed E-state index contributed by atoms with van der Waals surface area (Å²) in [6.07, 6.45) is 0.532. The number of anilines is 2. The van der Waals surface area contributed by atoms with Gasteiger partial charge in [-0.25, -0.2) is 8.42 Å². The molecule has 0 saturated carbocycles. The van der Waals surface area contributed by atoms with Gasteiger partial charge in [0.15, 0.2) is 0 Å². The molecule has 5 nitrogen and oxygen atoms in total. The molecular weight excluding hydrogens is 431 g/mol. The Balaban J connectivity index is 1.59. The van der Waals surface area contributed by atoms with Gasteiger partial charge in [0.05, 0.1) is 21.3 Å². The number of hydrogen-bond acceptors (Lipinski definition) is 3. The van der Waals surface area contributed by atoms with Crippen molar-refractivity contribution in [1.82, 2.24) is 0 Å². The first kappa shape index (κ1) is 19.8. The van der Waals surface area contributed by atoms with E-state index in [1.54, 1.807) is 66.7 Å². The summed E-state index contributed by atoms with van der Waals surface area (Å²) in [6.45, 7) is 0.334. The maximum atomic E-state index is 12.9. The van der Waals surface area contributed by atoms with Gasteiger partial charge in [0.2, 0.25) is 0 Å². The van der Waals surface area contributed by atoms with Crippen molar-refractivity contribution in [1.29, 1.82) is 0 Å². The summed E-state index contributed by atoms with van der Waals surface area (Å²) in [4.78, 5) is 12.9. The molecule has 1 N–H and O–H groups in total. The van der Waals surface area contributed by atoms with Crippen LogP contribution in [0.5, 0.6) is 0 Å². The van der Waals surface area contributed by atoms with E-state index in [2.05, 4.69) is 5.32 Å². The minimum atomic E-state index is -3.64. The molecule has 1 aliphatic heterocycles. The molecule has 148 valence electrons. The molecule has 0 aromatic heterocycles. The van der Waals surface area contributed by atoms with Crippen LogP contribution in [0.1, 0.15) is 15.9 Å². The minimum absolute atomic E-state index is 0.243. The zero-order valence-corrected chi connectivity index (χ0v) is 17.4. The van der Waals surface area contributed by atoms with Gasteiger partial charge in [0, 0.05) is 17.1 Å². The van der Waals surface area contributed by atoms with Crippen LogP contribution >= 0.6 is 23.2 Å². The molecule has 0 bridgehead atoms. The number of nitrogens with zero attached hydrogens (tertiary/aromatic N) is 1. The fourth-order valence-corrected chi connectivity index (χ4v) is 5.25. The van der Waals surface area contributed by atoms with Crippen LogP contribution in [0.15, 0.2) is 71.6 Å². The molecule has 0 unspecified atom stereocenters. The topological polar surface area (TPSA) is 66.5 Å². The van der Waals surface area contributed by atoms with Crippen molar-refractivity contribution in [3.05, 3.63) is 87.9 Å². The molecule has 0 atom stereocenters. The summed E-state index contributed by atoms with van der Waals surface area (Å²) >= 11 is 12.0. The number of benzene rings is 3. The fraction of sp³-hybridized carbons (Fsp3) is 0.0952. The molecule has 0 aliphatic carbocycles. The lowest BCUT2D eigenvalue weighted by Gasteiger charge is -2.19. The molecule has 1 aliphatic rings. The summed E-state index contributed by atoms with van der Waals surface area (Å²) < 4.78 is 27.3. The van der Waals surface area contributed by atoms with E-state index in [4.69, 9.17) is 23.2 Å². The smallest absolute Gasteiger partial charge is 0.264 e. The summed E-state index contributed by atoms with van der Waals surface area (Å²) in [5.74, 6) is -0.332. The van der Waals surface area contributed by atoms with Gasteiger partial charge in [0.1, 0.15) is 0 Å². The van der Waals surface area contributed by atoms with Crippen LogP contribution < -0.4 is 9.62 Å². The molecule has 1 heterocycles. The molecule has 3 aromatic rings. The highest BCUT2D eigenvalue weighted by atomic mass is 35.5. The number of hydrogen-bond donors (Lipinski definition) is 1. The molecule has 1 amide bonds. The fourth-order valence-electron chi connectivity index (χ4n) is 3.27. The lowest BCUT2D eigenvalue weighted by molar-refractivity contribution is 0.102. The first-order valence-electron chi connectivity index (χ1n) is 8.83. The van der Waals surface area contributed by atoms with Gasteiger partial charge < -0.3 is 5.32 Å². The summed E-state index contributed by atoms with van der Waals surface area (Å²) in [7, 11) is -3.64. The summed E-state index contributed by atoms with van der Waals surface area (Å²) in [5, 5.41) is 3.57. The van der Waals surface area contributed by atoms with Crippen LogP contribution in [-0.2, 0) is 16.4 Å². The Labute approximate surface area is 178 Å². The molecule has 0 fully saturated rings. The Morgan fingerprint density at radius 1 is 0.966 bits per heavy atom. The lowest BCUT2D eigenvalue weighted by Crippen LogP contribution is -2.29. The third kappa shape index (κ3) is 3.83. The zero-order valence-electron chi connectivity index (χ0n) is 15.1. The van der Waals surface area contributed by atoms with Crippen LogP contribution in [0, 0.1) is 0 Å². The molecular formula is C21H16Cl2N2O3S. The maximum Gasteiger partial charge on any atom is 0.264 e. The Kier molecular flexibility index (Phi) is 5.25. The predicted octanol–water partition coefficient (Wildman–Crippen LogP) is 5.00. The highest BCUT2D eigenvalue weighted by Crippen LogP contribution is 2.34. The average molecular weight is 447 g/mol. The Morgan fingerprint density at radius 3 is 2.45 bits per heavy atom. The van der Waals surface area contributed by atoms with Crippen molar-refractivity contribution in [2.75, 3.05) is 16.2 Å². The number of nitrogens with one attached hydrogen (secondary N) is 1. The van der Waals surface area contributed by atoms with Gasteiger partial charge in [-0.2, -0.15) is 0 Å². The number of carbonyl (C=O) groups is 1. The first-order chi connectivity index (χ1) is 13.9. The van der Waals surface area contributed by atoms with E-state index in [1.807, 2.05) is 0 Å². The molecule has 29 heavy (non-hydrogen) atoms. The van der Waals surface area contributed by atoms with E-state index < -0.39 is 10.0 Å². The van der Waals surface area contributed by atoms with Crippen molar-refractivity contribution in [2.45, 2.75) is 11.3 Å². The number of fused-ring (bicyclic) bond motifs is 1. The molecule has 8 heteroatoms. The van der Waals surface area contributed by atoms with E-state index in [-0.39, 0.29) is 10.8 Å². The van der Waals surface area contributed by atoms with Crippen LogP contribution in [-0.4, -0.2) is 20.9 Å². The van der Waals surface area contributed by atoms with E-state index in [1.165, 1.54) is 4.31 Å². The average Bonchev–Trinajstić information content (AvgIpc) is 3.15. The maximum absolute atomic E-state index is 12.9. The molecule has 0 radical (unpaired) electrons. The SMILES string of the molecule is O=C(Nc1ccc(Cl)cc1Cl)c1ccc2c(c1)CCN2S(=O)(=O)c1ccccc1. The highest BCUT2D eigenvalue weighted by Gasteiger charge is 2.31. The number of rotatable bonds is 4.